The molecule has 0 aliphatic heterocycles. The lowest BCUT2D eigenvalue weighted by molar-refractivity contribution is 0.102. The largest absolute Gasteiger partial charge is 0.507 e. The molecule has 1 heterocycles. The third-order valence-corrected chi connectivity index (χ3v) is 2.71. The standard InChI is InChI=1S/C12H8Cl2N2O2/c13-10-6-5-8(11(14)16-10)15-12(18)7-3-1-2-4-9(7)17/h1-6,17H,(H,15,18). The number of hydrogen-bond acceptors (Lipinski definition) is 3. The van der Waals surface area contributed by atoms with E-state index in [2.05, 4.69) is 10.3 Å². The Hall–Kier alpha value is -1.78. The monoisotopic (exact) mass is 282 g/mol. The number of carbonyl (C=O) groups excluding carboxylic acids is 1. The average Bonchev–Trinajstić information content (AvgIpc) is 2.33. The van der Waals surface area contributed by atoms with Crippen molar-refractivity contribution in [1.29, 1.82) is 0 Å². The Labute approximate surface area is 113 Å². The number of nitrogens with one attached hydrogen (secondary N) is 1. The molecule has 4 nitrogen and oxygen atoms in total. The summed E-state index contributed by atoms with van der Waals surface area (Å²) in [5.41, 5.74) is 0.484. The molecular weight excluding hydrogens is 275 g/mol. The fourth-order valence-electron chi connectivity index (χ4n) is 1.36. The molecular formula is C12H8Cl2N2O2. The van der Waals surface area contributed by atoms with Gasteiger partial charge in [0.1, 0.15) is 10.9 Å². The number of rotatable bonds is 2. The maximum Gasteiger partial charge on any atom is 0.259 e. The highest BCUT2D eigenvalue weighted by atomic mass is 35.5. The molecule has 92 valence electrons. The third-order valence-electron chi connectivity index (χ3n) is 2.21. The summed E-state index contributed by atoms with van der Waals surface area (Å²) in [6.45, 7) is 0. The van der Waals surface area contributed by atoms with E-state index in [0.29, 0.717) is 5.69 Å². The van der Waals surface area contributed by atoms with Crippen LogP contribution in [-0.4, -0.2) is 16.0 Å². The van der Waals surface area contributed by atoms with Crippen LogP contribution in [0.2, 0.25) is 10.3 Å². The zero-order valence-electron chi connectivity index (χ0n) is 9.02. The summed E-state index contributed by atoms with van der Waals surface area (Å²) >= 11 is 11.5. The van der Waals surface area contributed by atoms with Crippen LogP contribution in [0.15, 0.2) is 36.4 Å². The molecule has 2 aromatic rings. The topological polar surface area (TPSA) is 62.2 Å². The Balaban J connectivity index is 2.24. The molecule has 0 bridgehead atoms. The van der Waals surface area contributed by atoms with E-state index in [-0.39, 0.29) is 21.6 Å². The van der Waals surface area contributed by atoms with Gasteiger partial charge in [-0.15, -0.1) is 0 Å². The Morgan fingerprint density at radius 2 is 1.89 bits per heavy atom. The van der Waals surface area contributed by atoms with Gasteiger partial charge < -0.3 is 10.4 Å². The van der Waals surface area contributed by atoms with Crippen LogP contribution in [0, 0.1) is 0 Å². The lowest BCUT2D eigenvalue weighted by Gasteiger charge is -2.07. The van der Waals surface area contributed by atoms with Crippen LogP contribution >= 0.6 is 23.2 Å². The van der Waals surface area contributed by atoms with E-state index >= 15 is 0 Å². The number of phenolic OH excluding ortho intramolecular Hbond substituents is 1. The number of phenols is 1. The maximum atomic E-state index is 11.9. The van der Waals surface area contributed by atoms with Crippen molar-refractivity contribution >= 4 is 34.8 Å². The minimum absolute atomic E-state index is 0.0891. The van der Waals surface area contributed by atoms with Gasteiger partial charge in [-0.25, -0.2) is 4.98 Å². The molecule has 0 saturated heterocycles. The first-order valence-corrected chi connectivity index (χ1v) is 5.75. The van der Waals surface area contributed by atoms with Gasteiger partial charge in [0, 0.05) is 0 Å². The highest BCUT2D eigenvalue weighted by Crippen LogP contribution is 2.23. The summed E-state index contributed by atoms with van der Waals surface area (Å²) < 4.78 is 0. The van der Waals surface area contributed by atoms with Crippen molar-refractivity contribution in [2.45, 2.75) is 0 Å². The Kier molecular flexibility index (Phi) is 3.69. The van der Waals surface area contributed by atoms with Crippen LogP contribution < -0.4 is 5.32 Å². The number of aromatic hydroxyl groups is 1. The molecule has 2 rings (SSSR count). The van der Waals surface area contributed by atoms with Crippen molar-refractivity contribution in [1.82, 2.24) is 4.98 Å². The molecule has 0 aliphatic carbocycles. The second-order valence-corrected chi connectivity index (χ2v) is 4.19. The van der Waals surface area contributed by atoms with Crippen molar-refractivity contribution in [3.8, 4) is 5.75 Å². The van der Waals surface area contributed by atoms with Gasteiger partial charge in [0.2, 0.25) is 0 Å². The molecule has 1 aromatic carbocycles. The quantitative estimate of drug-likeness (QED) is 0.831. The summed E-state index contributed by atoms with van der Waals surface area (Å²) in [5.74, 6) is -0.577. The molecule has 1 amide bonds. The molecule has 2 N–H and O–H groups in total. The van der Waals surface area contributed by atoms with Gasteiger partial charge in [0.25, 0.3) is 5.91 Å². The number of benzene rings is 1. The second kappa shape index (κ2) is 5.25. The zero-order chi connectivity index (χ0) is 13.1. The van der Waals surface area contributed by atoms with Crippen molar-refractivity contribution in [3.05, 3.63) is 52.3 Å². The van der Waals surface area contributed by atoms with Crippen molar-refractivity contribution in [2.24, 2.45) is 0 Å². The van der Waals surface area contributed by atoms with Gasteiger partial charge in [-0.1, -0.05) is 35.3 Å². The number of aromatic nitrogens is 1. The molecule has 0 radical (unpaired) electrons. The van der Waals surface area contributed by atoms with Crippen LogP contribution in [0.25, 0.3) is 0 Å². The summed E-state index contributed by atoms with van der Waals surface area (Å²) in [7, 11) is 0. The van der Waals surface area contributed by atoms with Gasteiger partial charge in [-0.2, -0.15) is 0 Å². The van der Waals surface area contributed by atoms with Gasteiger partial charge >= 0.3 is 0 Å². The van der Waals surface area contributed by atoms with Crippen LogP contribution in [0.5, 0.6) is 5.75 Å². The average molecular weight is 283 g/mol. The number of carbonyl (C=O) groups is 1. The Bertz CT molecular complexity index is 602. The van der Waals surface area contributed by atoms with Crippen LogP contribution in [0.1, 0.15) is 10.4 Å². The van der Waals surface area contributed by atoms with Gasteiger partial charge in [0.05, 0.1) is 11.3 Å². The molecule has 0 unspecified atom stereocenters. The predicted molar refractivity (Wildman–Crippen MR) is 70.3 cm³/mol. The first kappa shape index (κ1) is 12.7. The molecule has 6 heteroatoms. The molecule has 0 atom stereocenters. The Morgan fingerprint density at radius 3 is 2.56 bits per heavy atom. The van der Waals surface area contributed by atoms with E-state index in [4.69, 9.17) is 23.2 Å². The zero-order valence-corrected chi connectivity index (χ0v) is 10.5. The number of halogens is 2. The normalized spacial score (nSPS) is 10.1. The Morgan fingerprint density at radius 1 is 1.17 bits per heavy atom. The maximum absolute atomic E-state index is 11.9. The summed E-state index contributed by atoms with van der Waals surface area (Å²) in [4.78, 5) is 15.7. The van der Waals surface area contributed by atoms with Crippen LogP contribution in [-0.2, 0) is 0 Å². The molecule has 0 spiro atoms. The number of nitrogens with zero attached hydrogens (tertiary/aromatic N) is 1. The first-order valence-electron chi connectivity index (χ1n) is 4.99. The second-order valence-electron chi connectivity index (χ2n) is 3.44. The highest BCUT2D eigenvalue weighted by molar-refractivity contribution is 6.34. The minimum atomic E-state index is -0.473. The SMILES string of the molecule is O=C(Nc1ccc(Cl)nc1Cl)c1ccccc1O. The lowest BCUT2D eigenvalue weighted by atomic mass is 10.2. The number of para-hydroxylation sites is 1. The summed E-state index contributed by atoms with van der Waals surface area (Å²) in [6, 6.07) is 9.25. The predicted octanol–water partition coefficient (Wildman–Crippen LogP) is 3.35. The number of pyridine rings is 1. The molecule has 1 aromatic heterocycles. The minimum Gasteiger partial charge on any atom is -0.507 e. The number of hydrogen-bond donors (Lipinski definition) is 2. The van der Waals surface area contributed by atoms with E-state index in [1.165, 1.54) is 24.3 Å². The lowest BCUT2D eigenvalue weighted by Crippen LogP contribution is -2.12. The first-order chi connectivity index (χ1) is 8.58. The molecule has 0 fully saturated rings. The van der Waals surface area contributed by atoms with Crippen molar-refractivity contribution < 1.29 is 9.90 Å². The van der Waals surface area contributed by atoms with Gasteiger partial charge in [-0.3, -0.25) is 4.79 Å². The molecule has 0 aliphatic rings. The van der Waals surface area contributed by atoms with Gasteiger partial charge in [-0.05, 0) is 24.3 Å². The van der Waals surface area contributed by atoms with Crippen LogP contribution in [0.3, 0.4) is 0 Å². The van der Waals surface area contributed by atoms with E-state index in [1.54, 1.807) is 12.1 Å². The van der Waals surface area contributed by atoms with Crippen molar-refractivity contribution in [2.75, 3.05) is 5.32 Å². The van der Waals surface area contributed by atoms with E-state index in [1.807, 2.05) is 0 Å². The van der Waals surface area contributed by atoms with Gasteiger partial charge in [0.15, 0.2) is 5.15 Å². The highest BCUT2D eigenvalue weighted by Gasteiger charge is 2.12. The van der Waals surface area contributed by atoms with Crippen LogP contribution in [0.4, 0.5) is 5.69 Å². The smallest absolute Gasteiger partial charge is 0.259 e. The van der Waals surface area contributed by atoms with E-state index in [0.717, 1.165) is 0 Å². The van der Waals surface area contributed by atoms with E-state index in [9.17, 15) is 9.90 Å². The fourth-order valence-corrected chi connectivity index (χ4v) is 1.75. The molecule has 0 saturated carbocycles. The number of amides is 1. The fraction of sp³-hybridized carbons (Fsp3) is 0. The third kappa shape index (κ3) is 2.72. The summed E-state index contributed by atoms with van der Waals surface area (Å²) in [6.07, 6.45) is 0. The number of anilines is 1. The van der Waals surface area contributed by atoms with Crippen molar-refractivity contribution in [3.63, 3.8) is 0 Å². The summed E-state index contributed by atoms with van der Waals surface area (Å²) in [5, 5.41) is 12.4. The van der Waals surface area contributed by atoms with E-state index < -0.39 is 5.91 Å². The molecule has 18 heavy (non-hydrogen) atoms.